The Labute approximate surface area is 132 Å². The molecule has 0 N–H and O–H groups in total. The lowest BCUT2D eigenvalue weighted by Crippen LogP contribution is -2.41. The van der Waals surface area contributed by atoms with Crippen molar-refractivity contribution in [1.29, 1.82) is 0 Å². The molecule has 22 heavy (non-hydrogen) atoms. The van der Waals surface area contributed by atoms with Crippen molar-refractivity contribution in [2.45, 2.75) is 45.8 Å². The van der Waals surface area contributed by atoms with Gasteiger partial charge in [-0.25, -0.2) is 4.79 Å². The minimum Gasteiger partial charge on any atom is -0.497 e. The normalized spacial score (nSPS) is 19.1. The molecule has 120 valence electrons. The van der Waals surface area contributed by atoms with E-state index in [0.717, 1.165) is 5.46 Å². The van der Waals surface area contributed by atoms with E-state index in [9.17, 15) is 4.79 Å². The number of carbonyl (C=O) groups is 1. The summed E-state index contributed by atoms with van der Waals surface area (Å²) < 4.78 is 22.3. The molecule has 1 aliphatic rings. The quantitative estimate of drug-likeness (QED) is 0.630. The zero-order chi connectivity index (χ0) is 16.5. The van der Waals surface area contributed by atoms with E-state index in [1.54, 1.807) is 26.2 Å². The summed E-state index contributed by atoms with van der Waals surface area (Å²) in [5, 5.41) is 0. The van der Waals surface area contributed by atoms with Gasteiger partial charge in [-0.15, -0.1) is 0 Å². The summed E-state index contributed by atoms with van der Waals surface area (Å²) in [6, 6.07) is 5.18. The molecule has 0 atom stereocenters. The van der Waals surface area contributed by atoms with Crippen LogP contribution in [-0.4, -0.2) is 38.0 Å². The van der Waals surface area contributed by atoms with Gasteiger partial charge in [0.2, 0.25) is 0 Å². The zero-order valence-electron chi connectivity index (χ0n) is 14.1. The summed E-state index contributed by atoms with van der Waals surface area (Å²) in [5.41, 5.74) is 0.280. The van der Waals surface area contributed by atoms with Crippen LogP contribution in [0.25, 0.3) is 0 Å². The number of carbonyl (C=O) groups excluding carboxylic acids is 1. The SMILES string of the molecule is CCOC(=O)c1cc(OC)cc(B2OC(C)(C)C(C)(C)O2)c1. The number of benzene rings is 1. The van der Waals surface area contributed by atoms with Gasteiger partial charge in [-0.2, -0.15) is 0 Å². The highest BCUT2D eigenvalue weighted by atomic mass is 16.7. The Balaban J connectivity index is 2.36. The molecule has 0 bridgehead atoms. The molecule has 0 spiro atoms. The van der Waals surface area contributed by atoms with Crippen molar-refractivity contribution in [3.8, 4) is 5.75 Å². The average molecular weight is 306 g/mol. The lowest BCUT2D eigenvalue weighted by molar-refractivity contribution is 0.00578. The molecule has 1 fully saturated rings. The maximum Gasteiger partial charge on any atom is 0.494 e. The second-order valence-corrected chi connectivity index (χ2v) is 6.30. The van der Waals surface area contributed by atoms with Crippen molar-refractivity contribution >= 4 is 18.6 Å². The van der Waals surface area contributed by atoms with Crippen LogP contribution in [0.5, 0.6) is 5.75 Å². The molecule has 1 aromatic carbocycles. The fraction of sp³-hybridized carbons (Fsp3) is 0.562. The third-order valence-corrected chi connectivity index (χ3v) is 4.20. The van der Waals surface area contributed by atoms with Crippen LogP contribution < -0.4 is 10.2 Å². The van der Waals surface area contributed by atoms with Crippen LogP contribution in [0.2, 0.25) is 0 Å². The number of methoxy groups -OCH3 is 1. The van der Waals surface area contributed by atoms with Crippen LogP contribution in [-0.2, 0) is 14.0 Å². The molecule has 0 aliphatic carbocycles. The topological polar surface area (TPSA) is 54.0 Å². The van der Waals surface area contributed by atoms with Crippen LogP contribution in [0.15, 0.2) is 18.2 Å². The van der Waals surface area contributed by atoms with Crippen molar-refractivity contribution in [1.82, 2.24) is 0 Å². The highest BCUT2D eigenvalue weighted by molar-refractivity contribution is 6.62. The molecule has 6 heteroatoms. The standard InChI is InChI=1S/C16H23BO5/c1-7-20-14(18)11-8-12(10-13(9-11)19-6)17-21-15(2,3)16(4,5)22-17/h8-10H,7H2,1-6H3. The van der Waals surface area contributed by atoms with Crippen molar-refractivity contribution in [3.05, 3.63) is 23.8 Å². The molecule has 0 aromatic heterocycles. The Morgan fingerprint density at radius 2 is 1.73 bits per heavy atom. The third-order valence-electron chi connectivity index (χ3n) is 4.20. The van der Waals surface area contributed by atoms with Gasteiger partial charge in [0.15, 0.2) is 0 Å². The average Bonchev–Trinajstić information content (AvgIpc) is 2.67. The number of esters is 1. The van der Waals surface area contributed by atoms with Gasteiger partial charge in [0, 0.05) is 0 Å². The monoisotopic (exact) mass is 306 g/mol. The highest BCUT2D eigenvalue weighted by Gasteiger charge is 2.51. The van der Waals surface area contributed by atoms with E-state index in [-0.39, 0.29) is 5.97 Å². The minimum atomic E-state index is -0.548. The molecule has 5 nitrogen and oxygen atoms in total. The second-order valence-electron chi connectivity index (χ2n) is 6.30. The van der Waals surface area contributed by atoms with E-state index in [2.05, 4.69) is 0 Å². The summed E-state index contributed by atoms with van der Waals surface area (Å²) in [5.74, 6) is 0.175. The Morgan fingerprint density at radius 3 is 2.23 bits per heavy atom. The van der Waals surface area contributed by atoms with Crippen LogP contribution in [0.4, 0.5) is 0 Å². The fourth-order valence-electron chi connectivity index (χ4n) is 2.19. The number of hydrogen-bond acceptors (Lipinski definition) is 5. The Kier molecular flexibility index (Phi) is 4.54. The van der Waals surface area contributed by atoms with Gasteiger partial charge in [-0.3, -0.25) is 0 Å². The molecule has 1 aliphatic heterocycles. The van der Waals surface area contributed by atoms with E-state index >= 15 is 0 Å². The van der Waals surface area contributed by atoms with Crippen molar-refractivity contribution < 1.29 is 23.6 Å². The van der Waals surface area contributed by atoms with Crippen LogP contribution in [0, 0.1) is 0 Å². The Morgan fingerprint density at radius 1 is 1.14 bits per heavy atom. The first kappa shape index (κ1) is 16.8. The lowest BCUT2D eigenvalue weighted by atomic mass is 9.78. The predicted molar refractivity (Wildman–Crippen MR) is 84.7 cm³/mol. The zero-order valence-corrected chi connectivity index (χ0v) is 14.1. The highest BCUT2D eigenvalue weighted by Crippen LogP contribution is 2.36. The molecule has 0 saturated carbocycles. The third kappa shape index (κ3) is 3.13. The molecule has 1 heterocycles. The first-order valence-corrected chi connectivity index (χ1v) is 7.42. The van der Waals surface area contributed by atoms with Crippen molar-refractivity contribution in [2.75, 3.05) is 13.7 Å². The largest absolute Gasteiger partial charge is 0.497 e. The smallest absolute Gasteiger partial charge is 0.494 e. The fourth-order valence-corrected chi connectivity index (χ4v) is 2.19. The molecule has 1 saturated heterocycles. The first-order valence-electron chi connectivity index (χ1n) is 7.42. The van der Waals surface area contributed by atoms with Crippen molar-refractivity contribution in [3.63, 3.8) is 0 Å². The van der Waals surface area contributed by atoms with Gasteiger partial charge in [0.25, 0.3) is 0 Å². The molecule has 1 aromatic rings. The van der Waals surface area contributed by atoms with E-state index in [1.165, 1.54) is 0 Å². The van der Waals surface area contributed by atoms with Gasteiger partial charge >= 0.3 is 13.1 Å². The molecule has 0 amide bonds. The van der Waals surface area contributed by atoms with Gasteiger partial charge in [-0.1, -0.05) is 0 Å². The van der Waals surface area contributed by atoms with E-state index < -0.39 is 18.3 Å². The number of ether oxygens (including phenoxy) is 2. The first-order chi connectivity index (χ1) is 10.2. The van der Waals surface area contributed by atoms with Gasteiger partial charge in [0.1, 0.15) is 5.75 Å². The predicted octanol–water partition coefficient (Wildman–Crippen LogP) is 2.17. The Bertz CT molecular complexity index is 552. The summed E-state index contributed by atoms with van der Waals surface area (Å²) in [7, 11) is 1.01. The number of rotatable bonds is 4. The summed E-state index contributed by atoms with van der Waals surface area (Å²) in [4.78, 5) is 12.0. The summed E-state index contributed by atoms with van der Waals surface area (Å²) in [6.07, 6.45) is 0. The molecule has 0 radical (unpaired) electrons. The maximum absolute atomic E-state index is 12.0. The summed E-state index contributed by atoms with van der Waals surface area (Å²) in [6.45, 7) is 10.0. The van der Waals surface area contributed by atoms with Crippen LogP contribution in [0.3, 0.4) is 0 Å². The van der Waals surface area contributed by atoms with Crippen molar-refractivity contribution in [2.24, 2.45) is 0 Å². The molecule has 0 unspecified atom stereocenters. The summed E-state index contributed by atoms with van der Waals surface area (Å²) >= 11 is 0. The van der Waals surface area contributed by atoms with E-state index in [0.29, 0.717) is 17.9 Å². The van der Waals surface area contributed by atoms with Gasteiger partial charge < -0.3 is 18.8 Å². The molecular weight excluding hydrogens is 283 g/mol. The van der Waals surface area contributed by atoms with E-state index in [1.807, 2.05) is 33.8 Å². The maximum atomic E-state index is 12.0. The lowest BCUT2D eigenvalue weighted by Gasteiger charge is -2.32. The van der Waals surface area contributed by atoms with Crippen LogP contribution in [0.1, 0.15) is 45.0 Å². The van der Waals surface area contributed by atoms with Gasteiger partial charge in [-0.05, 0) is 58.3 Å². The minimum absolute atomic E-state index is 0.321. The van der Waals surface area contributed by atoms with Crippen LogP contribution >= 0.6 is 0 Å². The van der Waals surface area contributed by atoms with E-state index in [4.69, 9.17) is 18.8 Å². The molecular formula is C16H23BO5. The Hall–Kier alpha value is -1.53. The number of hydrogen-bond donors (Lipinski definition) is 0. The second kappa shape index (κ2) is 5.93. The van der Waals surface area contributed by atoms with Gasteiger partial charge in [0.05, 0.1) is 30.5 Å². The molecule has 2 rings (SSSR count).